The van der Waals surface area contributed by atoms with Gasteiger partial charge < -0.3 is 18.9 Å². The first-order chi connectivity index (χ1) is 21.8. The fourth-order valence-corrected chi connectivity index (χ4v) is 6.61. The molecule has 8 nitrogen and oxygen atoms in total. The van der Waals surface area contributed by atoms with E-state index >= 15 is 0 Å². The van der Waals surface area contributed by atoms with Gasteiger partial charge in [-0.2, -0.15) is 0 Å². The van der Waals surface area contributed by atoms with Crippen LogP contribution < -0.4 is 29.1 Å². The summed E-state index contributed by atoms with van der Waals surface area (Å²) < 4.78 is 25.9. The lowest BCUT2D eigenvalue weighted by molar-refractivity contribution is -0.139. The first-order valence-corrected chi connectivity index (χ1v) is 16.3. The Morgan fingerprint density at radius 2 is 1.78 bits per heavy atom. The number of esters is 1. The molecule has 10 heteroatoms. The molecule has 3 aromatic carbocycles. The highest BCUT2D eigenvalue weighted by Crippen LogP contribution is 2.39. The van der Waals surface area contributed by atoms with Crippen LogP contribution >= 0.6 is 27.3 Å². The van der Waals surface area contributed by atoms with Gasteiger partial charge in [0.1, 0.15) is 29.9 Å². The predicted octanol–water partition coefficient (Wildman–Crippen LogP) is 6.25. The molecule has 0 saturated heterocycles. The molecule has 0 radical (unpaired) electrons. The molecular weight excluding hydrogens is 656 g/mol. The van der Waals surface area contributed by atoms with Crippen LogP contribution in [0.2, 0.25) is 0 Å². The summed E-state index contributed by atoms with van der Waals surface area (Å²) >= 11 is 4.83. The van der Waals surface area contributed by atoms with Gasteiger partial charge in [0, 0.05) is 15.6 Å². The van der Waals surface area contributed by atoms with Gasteiger partial charge in [0.2, 0.25) is 0 Å². The number of benzene rings is 3. The van der Waals surface area contributed by atoms with Gasteiger partial charge >= 0.3 is 5.97 Å². The molecule has 234 valence electrons. The Balaban J connectivity index is 1.70. The molecule has 1 atom stereocenters. The summed E-state index contributed by atoms with van der Waals surface area (Å²) in [5.41, 5.74) is 4.15. The fourth-order valence-electron chi connectivity index (χ4n) is 5.22. The molecule has 1 aliphatic rings. The van der Waals surface area contributed by atoms with Crippen LogP contribution in [-0.4, -0.2) is 31.4 Å². The SMILES string of the molecule is CCCC1=C(C(=O)OCC)[C@H](c2cc(OC)ccc2OC)n2c(s/c(=C\c3cc(Br)ccc3OCc3ccc(C)cc3)c2=O)=N1. The van der Waals surface area contributed by atoms with Crippen molar-refractivity contribution in [1.29, 1.82) is 0 Å². The van der Waals surface area contributed by atoms with Crippen molar-refractivity contribution in [2.75, 3.05) is 20.8 Å². The minimum atomic E-state index is -0.839. The van der Waals surface area contributed by atoms with Gasteiger partial charge in [-0.1, -0.05) is 70.4 Å². The van der Waals surface area contributed by atoms with Gasteiger partial charge in [-0.3, -0.25) is 9.36 Å². The van der Waals surface area contributed by atoms with Crippen LogP contribution in [-0.2, 0) is 16.1 Å². The number of ether oxygens (including phenoxy) is 4. The maximum absolute atomic E-state index is 14.3. The minimum absolute atomic E-state index is 0.183. The summed E-state index contributed by atoms with van der Waals surface area (Å²) in [5, 5.41) is 0. The number of aromatic nitrogens is 1. The molecule has 1 aromatic heterocycles. The number of rotatable bonds is 11. The van der Waals surface area contributed by atoms with Gasteiger partial charge in [-0.15, -0.1) is 0 Å². The number of methoxy groups -OCH3 is 2. The molecule has 0 saturated carbocycles. The van der Waals surface area contributed by atoms with Crippen molar-refractivity contribution in [3.8, 4) is 17.2 Å². The van der Waals surface area contributed by atoms with Crippen molar-refractivity contribution in [3.05, 3.63) is 118 Å². The lowest BCUT2D eigenvalue weighted by atomic mass is 9.93. The monoisotopic (exact) mass is 690 g/mol. The van der Waals surface area contributed by atoms with Crippen LogP contribution in [0.15, 0.2) is 86.2 Å². The largest absolute Gasteiger partial charge is 0.497 e. The van der Waals surface area contributed by atoms with E-state index in [-0.39, 0.29) is 12.2 Å². The molecule has 4 aromatic rings. The van der Waals surface area contributed by atoms with Crippen molar-refractivity contribution in [2.45, 2.75) is 46.3 Å². The fraction of sp³-hybridized carbons (Fsp3) is 0.286. The van der Waals surface area contributed by atoms with Crippen molar-refractivity contribution in [1.82, 2.24) is 4.57 Å². The van der Waals surface area contributed by atoms with Crippen molar-refractivity contribution >= 4 is 39.3 Å². The van der Waals surface area contributed by atoms with Gasteiger partial charge in [-0.05, 0) is 68.3 Å². The number of nitrogens with zero attached hydrogens (tertiary/aromatic N) is 2. The van der Waals surface area contributed by atoms with Crippen LogP contribution in [0.3, 0.4) is 0 Å². The Labute approximate surface area is 274 Å². The van der Waals surface area contributed by atoms with Gasteiger partial charge in [-0.25, -0.2) is 9.79 Å². The van der Waals surface area contributed by atoms with E-state index in [2.05, 4.69) is 15.9 Å². The normalized spacial score (nSPS) is 14.5. The van der Waals surface area contributed by atoms with E-state index < -0.39 is 12.0 Å². The molecular formula is C35H35BrN2O6S. The topological polar surface area (TPSA) is 88.4 Å². The lowest BCUT2D eigenvalue weighted by Crippen LogP contribution is -2.40. The second kappa shape index (κ2) is 14.3. The number of hydrogen-bond donors (Lipinski definition) is 0. The molecule has 0 amide bonds. The highest BCUT2D eigenvalue weighted by Gasteiger charge is 2.36. The third-order valence-electron chi connectivity index (χ3n) is 7.40. The van der Waals surface area contributed by atoms with E-state index in [4.69, 9.17) is 23.9 Å². The van der Waals surface area contributed by atoms with Crippen LogP contribution in [0.25, 0.3) is 6.08 Å². The Bertz CT molecular complexity index is 1930. The van der Waals surface area contributed by atoms with Crippen LogP contribution in [0.4, 0.5) is 0 Å². The molecule has 0 spiro atoms. The molecule has 45 heavy (non-hydrogen) atoms. The maximum Gasteiger partial charge on any atom is 0.338 e. The number of hydrogen-bond acceptors (Lipinski definition) is 8. The molecule has 0 unspecified atom stereocenters. The van der Waals surface area contributed by atoms with Crippen LogP contribution in [0.1, 0.15) is 55.0 Å². The summed E-state index contributed by atoms with van der Waals surface area (Å²) in [6.07, 6.45) is 3.09. The second-order valence-electron chi connectivity index (χ2n) is 10.5. The number of carbonyl (C=O) groups is 1. The summed E-state index contributed by atoms with van der Waals surface area (Å²) in [6.45, 7) is 6.38. The highest BCUT2D eigenvalue weighted by atomic mass is 79.9. The lowest BCUT2D eigenvalue weighted by Gasteiger charge is -2.27. The summed E-state index contributed by atoms with van der Waals surface area (Å²) in [4.78, 5) is 33.3. The Morgan fingerprint density at radius 1 is 1.02 bits per heavy atom. The molecule has 0 bridgehead atoms. The quantitative estimate of drug-likeness (QED) is 0.173. The number of thiazole rings is 1. The molecule has 5 rings (SSSR count). The smallest absolute Gasteiger partial charge is 0.338 e. The number of halogens is 1. The average Bonchev–Trinajstić information content (AvgIpc) is 3.34. The highest BCUT2D eigenvalue weighted by molar-refractivity contribution is 9.10. The van der Waals surface area contributed by atoms with E-state index in [1.165, 1.54) is 16.9 Å². The Kier molecular flexibility index (Phi) is 10.2. The molecule has 2 heterocycles. The average molecular weight is 692 g/mol. The zero-order chi connectivity index (χ0) is 32.1. The molecule has 0 fully saturated rings. The minimum Gasteiger partial charge on any atom is -0.497 e. The summed E-state index contributed by atoms with van der Waals surface area (Å²) in [7, 11) is 3.12. The zero-order valence-electron chi connectivity index (χ0n) is 25.9. The van der Waals surface area contributed by atoms with E-state index in [1.54, 1.807) is 43.9 Å². The van der Waals surface area contributed by atoms with Gasteiger partial charge in [0.15, 0.2) is 4.80 Å². The zero-order valence-corrected chi connectivity index (χ0v) is 28.3. The third kappa shape index (κ3) is 6.92. The standard InChI is InChI=1S/C35H35BrN2O6S/c1-6-8-27-31(34(40)43-7-2)32(26-19-25(41-4)14-16-29(26)42-5)38-33(39)30(45-35(38)37-27)18-23-17-24(36)13-15-28(23)44-20-22-11-9-21(3)10-12-22/h9-19,32H,6-8,20H2,1-5H3/b30-18-/t32-/m0/s1. The summed E-state index contributed by atoms with van der Waals surface area (Å²) in [5.74, 6) is 1.19. The first kappa shape index (κ1) is 32.2. The summed E-state index contributed by atoms with van der Waals surface area (Å²) in [6, 6.07) is 18.4. The van der Waals surface area contributed by atoms with Crippen molar-refractivity contribution < 1.29 is 23.7 Å². The van der Waals surface area contributed by atoms with Crippen LogP contribution in [0, 0.1) is 6.92 Å². The molecule has 0 N–H and O–H groups in total. The predicted molar refractivity (Wildman–Crippen MR) is 179 cm³/mol. The number of allylic oxidation sites excluding steroid dienone is 1. The van der Waals surface area contributed by atoms with Crippen LogP contribution in [0.5, 0.6) is 17.2 Å². The molecule has 1 aliphatic heterocycles. The Hall–Kier alpha value is -4.15. The van der Waals surface area contributed by atoms with E-state index in [1.807, 2.05) is 62.4 Å². The second-order valence-corrected chi connectivity index (χ2v) is 12.4. The van der Waals surface area contributed by atoms with Crippen molar-refractivity contribution in [3.63, 3.8) is 0 Å². The Morgan fingerprint density at radius 3 is 2.47 bits per heavy atom. The van der Waals surface area contributed by atoms with Crippen molar-refractivity contribution in [2.24, 2.45) is 4.99 Å². The van der Waals surface area contributed by atoms with Gasteiger partial charge in [0.05, 0.1) is 36.6 Å². The van der Waals surface area contributed by atoms with E-state index in [9.17, 15) is 9.59 Å². The third-order valence-corrected chi connectivity index (χ3v) is 8.87. The number of aryl methyl sites for hydroxylation is 1. The maximum atomic E-state index is 14.3. The molecule has 0 aliphatic carbocycles. The van der Waals surface area contributed by atoms with E-state index in [0.717, 1.165) is 22.0 Å². The number of carbonyl (C=O) groups excluding carboxylic acids is 1. The number of fused-ring (bicyclic) bond motifs is 1. The van der Waals surface area contributed by atoms with Gasteiger partial charge in [0.25, 0.3) is 5.56 Å². The first-order valence-electron chi connectivity index (χ1n) is 14.7. The van der Waals surface area contributed by atoms with E-state index in [0.29, 0.717) is 56.4 Å².